The second kappa shape index (κ2) is 2.25. The van der Waals surface area contributed by atoms with E-state index in [2.05, 4.69) is 4.98 Å². The van der Waals surface area contributed by atoms with Gasteiger partial charge in [-0.3, -0.25) is 4.98 Å². The number of rotatable bonds is 1. The lowest BCUT2D eigenvalue weighted by molar-refractivity contribution is -0.0261. The van der Waals surface area contributed by atoms with Crippen LogP contribution in [0.2, 0.25) is 0 Å². The predicted octanol–water partition coefficient (Wildman–Crippen LogP) is 1.90. The van der Waals surface area contributed by atoms with Crippen molar-refractivity contribution in [3.05, 3.63) is 11.1 Å². The molecular weight excluding hydrogens is 182 g/mol. The van der Waals surface area contributed by atoms with E-state index >= 15 is 0 Å². The third kappa shape index (κ3) is 0.696. The van der Waals surface area contributed by atoms with E-state index < -0.39 is 0 Å². The molecule has 4 heteroatoms. The smallest absolute Gasteiger partial charge is 0.197 e. The zero-order chi connectivity index (χ0) is 9.92. The molecule has 3 rings (SSSR count). The summed E-state index contributed by atoms with van der Waals surface area (Å²) in [6.45, 7) is 2.04. The highest BCUT2D eigenvalue weighted by atomic mass is 16.5. The maximum Gasteiger partial charge on any atom is 0.197 e. The molecule has 0 spiro atoms. The number of nitrogens with one attached hydrogen (secondary N) is 1. The lowest BCUT2D eigenvalue weighted by Crippen LogP contribution is -2.20. The Morgan fingerprint density at radius 3 is 3.00 bits per heavy atom. The maximum absolute atomic E-state index is 9.68. The highest BCUT2D eigenvalue weighted by Crippen LogP contribution is 2.61. The fourth-order valence-electron chi connectivity index (χ4n) is 2.84. The van der Waals surface area contributed by atoms with Crippen LogP contribution in [0.15, 0.2) is 0 Å². The quantitative estimate of drug-likeness (QED) is 0.641. The van der Waals surface area contributed by atoms with Crippen molar-refractivity contribution in [2.24, 2.45) is 0 Å². The minimum atomic E-state index is -0.346. The van der Waals surface area contributed by atoms with E-state index in [0.717, 1.165) is 30.4 Å². The van der Waals surface area contributed by atoms with Gasteiger partial charge >= 0.3 is 0 Å². The number of fused-ring (bicyclic) bond motifs is 5. The minimum absolute atomic E-state index is 0.0258. The molecule has 2 unspecified atom stereocenters. The zero-order valence-electron chi connectivity index (χ0n) is 8.00. The summed E-state index contributed by atoms with van der Waals surface area (Å²) >= 11 is 0. The summed E-state index contributed by atoms with van der Waals surface area (Å²) in [6, 6.07) is 0. The summed E-state index contributed by atoms with van der Waals surface area (Å²) in [6.07, 6.45) is 2.68. The topological polar surface area (TPSA) is 65.5 Å². The van der Waals surface area contributed by atoms with Crippen LogP contribution in [0.1, 0.15) is 43.4 Å². The van der Waals surface area contributed by atoms with Gasteiger partial charge in [0.25, 0.3) is 0 Å². The number of hydrogen-bond donors (Lipinski definition) is 3. The first-order valence-electron chi connectivity index (χ1n) is 5.00. The van der Waals surface area contributed by atoms with Crippen molar-refractivity contribution >= 4 is 0 Å². The number of aromatic hydroxyl groups is 2. The standard InChI is InChI=1S/C10H13NO3/c1-2-10-4-3-5(14-10)6-7(10)9(13)11-8(6)12/h5,11-13H,2-4H2,1H3. The molecular formula is C10H13NO3. The molecule has 1 aromatic rings. The Morgan fingerprint density at radius 1 is 1.50 bits per heavy atom. The van der Waals surface area contributed by atoms with Crippen molar-refractivity contribution in [3.8, 4) is 11.8 Å². The van der Waals surface area contributed by atoms with Crippen molar-refractivity contribution in [2.45, 2.75) is 37.9 Å². The number of H-pyrrole nitrogens is 1. The first kappa shape index (κ1) is 8.17. The van der Waals surface area contributed by atoms with Crippen LogP contribution < -0.4 is 0 Å². The summed E-state index contributed by atoms with van der Waals surface area (Å²) in [4.78, 5) is 2.57. The molecule has 2 aliphatic rings. The summed E-state index contributed by atoms with van der Waals surface area (Å²) in [5.41, 5.74) is 1.21. The van der Waals surface area contributed by atoms with E-state index in [9.17, 15) is 10.2 Å². The largest absolute Gasteiger partial charge is 0.494 e. The molecule has 2 atom stereocenters. The predicted molar refractivity (Wildman–Crippen MR) is 49.2 cm³/mol. The average molecular weight is 195 g/mol. The molecule has 0 saturated carbocycles. The van der Waals surface area contributed by atoms with E-state index in [0.29, 0.717) is 0 Å². The lowest BCUT2D eigenvalue weighted by atomic mass is 9.83. The molecule has 4 nitrogen and oxygen atoms in total. The van der Waals surface area contributed by atoms with Gasteiger partial charge in [0.15, 0.2) is 11.8 Å². The monoisotopic (exact) mass is 195 g/mol. The van der Waals surface area contributed by atoms with Gasteiger partial charge in [-0.25, -0.2) is 0 Å². The Kier molecular flexibility index (Phi) is 1.32. The van der Waals surface area contributed by atoms with Gasteiger partial charge in [0.05, 0.1) is 22.8 Å². The Balaban J connectivity index is 2.26. The fourth-order valence-corrected chi connectivity index (χ4v) is 2.84. The van der Waals surface area contributed by atoms with Crippen molar-refractivity contribution in [1.82, 2.24) is 4.98 Å². The molecule has 0 amide bonds. The third-order valence-corrected chi connectivity index (χ3v) is 3.52. The van der Waals surface area contributed by atoms with Gasteiger partial charge in [-0.05, 0) is 19.3 Å². The molecule has 3 N–H and O–H groups in total. The van der Waals surface area contributed by atoms with E-state index in [4.69, 9.17) is 4.74 Å². The van der Waals surface area contributed by atoms with Crippen LogP contribution in [0.25, 0.3) is 0 Å². The summed E-state index contributed by atoms with van der Waals surface area (Å²) < 4.78 is 5.84. The maximum atomic E-state index is 9.68. The molecule has 14 heavy (non-hydrogen) atoms. The number of ether oxygens (including phenoxy) is 1. The number of aromatic nitrogens is 1. The van der Waals surface area contributed by atoms with Crippen molar-refractivity contribution in [1.29, 1.82) is 0 Å². The summed E-state index contributed by atoms with van der Waals surface area (Å²) in [5.74, 6) is 0.138. The van der Waals surface area contributed by atoms with Crippen molar-refractivity contribution in [2.75, 3.05) is 0 Å². The molecule has 2 aliphatic heterocycles. The van der Waals surface area contributed by atoms with Crippen LogP contribution in [0.4, 0.5) is 0 Å². The molecule has 0 aliphatic carbocycles. The molecule has 2 bridgehead atoms. The van der Waals surface area contributed by atoms with Gasteiger partial charge in [-0.1, -0.05) is 6.92 Å². The number of hydrogen-bond acceptors (Lipinski definition) is 3. The second-order valence-corrected chi connectivity index (χ2v) is 4.10. The summed E-state index contributed by atoms with van der Waals surface area (Å²) in [7, 11) is 0. The molecule has 76 valence electrons. The Bertz CT molecular complexity index is 398. The van der Waals surface area contributed by atoms with E-state index in [1.54, 1.807) is 0 Å². The van der Waals surface area contributed by atoms with Gasteiger partial charge in [0.1, 0.15) is 0 Å². The lowest BCUT2D eigenvalue weighted by Gasteiger charge is -2.23. The van der Waals surface area contributed by atoms with Crippen LogP contribution in [0, 0.1) is 0 Å². The Labute approximate surface area is 81.5 Å². The first-order valence-corrected chi connectivity index (χ1v) is 5.00. The van der Waals surface area contributed by atoms with Crippen LogP contribution in [-0.4, -0.2) is 15.2 Å². The third-order valence-electron chi connectivity index (χ3n) is 3.52. The van der Waals surface area contributed by atoms with Crippen molar-refractivity contribution in [3.63, 3.8) is 0 Å². The highest BCUT2D eigenvalue weighted by molar-refractivity contribution is 5.52. The Hall–Kier alpha value is -1.16. The fraction of sp³-hybridized carbons (Fsp3) is 0.600. The molecule has 0 radical (unpaired) electrons. The van der Waals surface area contributed by atoms with Gasteiger partial charge in [0.2, 0.25) is 0 Å². The minimum Gasteiger partial charge on any atom is -0.494 e. The zero-order valence-corrected chi connectivity index (χ0v) is 8.00. The van der Waals surface area contributed by atoms with Crippen LogP contribution in [0.5, 0.6) is 11.8 Å². The highest BCUT2D eigenvalue weighted by Gasteiger charge is 2.53. The molecule has 1 aromatic heterocycles. The van der Waals surface area contributed by atoms with E-state index in [1.165, 1.54) is 0 Å². The first-order chi connectivity index (χ1) is 6.68. The van der Waals surface area contributed by atoms with Gasteiger partial charge < -0.3 is 14.9 Å². The molecule has 3 heterocycles. The van der Waals surface area contributed by atoms with Gasteiger partial charge in [-0.15, -0.1) is 0 Å². The second-order valence-electron chi connectivity index (χ2n) is 4.10. The summed E-state index contributed by atoms with van der Waals surface area (Å²) in [5, 5.41) is 19.3. The van der Waals surface area contributed by atoms with Gasteiger partial charge in [-0.2, -0.15) is 0 Å². The molecule has 0 aromatic carbocycles. The molecule has 1 saturated heterocycles. The van der Waals surface area contributed by atoms with E-state index in [1.807, 2.05) is 6.92 Å². The van der Waals surface area contributed by atoms with Crippen molar-refractivity contribution < 1.29 is 14.9 Å². The molecule has 1 fully saturated rings. The van der Waals surface area contributed by atoms with Crippen LogP contribution >= 0.6 is 0 Å². The normalized spacial score (nSPS) is 33.6. The van der Waals surface area contributed by atoms with Crippen LogP contribution in [0.3, 0.4) is 0 Å². The number of aromatic amines is 1. The SMILES string of the molecule is CCC12CCC(O1)c1c(O)[nH]c(O)c12. The average Bonchev–Trinajstić information content (AvgIpc) is 2.78. The van der Waals surface area contributed by atoms with Gasteiger partial charge in [0, 0.05) is 0 Å². The Morgan fingerprint density at radius 2 is 2.29 bits per heavy atom. The van der Waals surface area contributed by atoms with E-state index in [-0.39, 0.29) is 23.5 Å². The van der Waals surface area contributed by atoms with Crippen LogP contribution in [-0.2, 0) is 10.3 Å².